The molecule has 33 heavy (non-hydrogen) atoms. The van der Waals surface area contributed by atoms with Gasteiger partial charge in [-0.05, 0) is 60.2 Å². The summed E-state index contributed by atoms with van der Waals surface area (Å²) in [4.78, 5) is 8.17. The van der Waals surface area contributed by atoms with Gasteiger partial charge in [-0.1, -0.05) is 29.4 Å². The molecule has 0 unspecified atom stereocenters. The fourth-order valence-electron chi connectivity index (χ4n) is 3.57. The predicted molar refractivity (Wildman–Crippen MR) is 124 cm³/mol. The van der Waals surface area contributed by atoms with E-state index < -0.39 is 5.97 Å². The summed E-state index contributed by atoms with van der Waals surface area (Å²) >= 11 is 0. The number of unbranched alkanes of at least 4 members (excludes halogenated alkanes) is 1. The first-order valence-corrected chi connectivity index (χ1v) is 10.4. The number of aromatic nitrogens is 2. The van der Waals surface area contributed by atoms with Crippen molar-refractivity contribution in [3.05, 3.63) is 87.9 Å². The van der Waals surface area contributed by atoms with Crippen LogP contribution in [0.2, 0.25) is 0 Å². The number of benzene rings is 2. The number of hydrogen-bond donors (Lipinski definition) is 0. The number of aryl methyl sites for hydroxylation is 3. The third-order valence-corrected chi connectivity index (χ3v) is 4.98. The van der Waals surface area contributed by atoms with Crippen LogP contribution in [0, 0.1) is 20.4 Å². The first kappa shape index (κ1) is 23.7. The molecule has 0 aliphatic heterocycles. The summed E-state index contributed by atoms with van der Waals surface area (Å²) in [5.41, 5.74) is 3.98. The normalized spacial score (nSPS) is 11.9. The maximum atomic E-state index is 14.7. The van der Waals surface area contributed by atoms with Crippen LogP contribution in [0.3, 0.4) is 0 Å². The average molecular weight is 448 g/mol. The number of allylic oxidation sites excluding steroid dienone is 1. The van der Waals surface area contributed by atoms with Gasteiger partial charge in [-0.15, -0.1) is 10.2 Å². The standard InChI is InChI=1S/C25H25FN4O3/c1-16-13-19(15-22(24(16)31-4)25(26)30-32-5)21(18-9-8-10-20(14-18)27-3)11-6-7-12-23-29-28-17(2)33-23/h8-11,13-15H,6-7,12H2,1-2,4-5H3/b21-11-,30-25-. The number of methoxy groups -OCH3 is 1. The van der Waals surface area contributed by atoms with Crippen LogP contribution in [0.15, 0.2) is 52.0 Å². The van der Waals surface area contributed by atoms with E-state index in [1.807, 2.05) is 31.2 Å². The maximum absolute atomic E-state index is 14.7. The lowest BCUT2D eigenvalue weighted by Crippen LogP contribution is -2.03. The molecule has 0 amide bonds. The molecule has 1 aromatic heterocycles. The number of nitrogens with zero attached hydrogens (tertiary/aromatic N) is 4. The van der Waals surface area contributed by atoms with Crippen molar-refractivity contribution >= 4 is 17.2 Å². The Kier molecular flexibility index (Phi) is 7.92. The molecule has 170 valence electrons. The third-order valence-electron chi connectivity index (χ3n) is 4.98. The summed E-state index contributed by atoms with van der Waals surface area (Å²) in [6.45, 7) is 11.0. The predicted octanol–water partition coefficient (Wildman–Crippen LogP) is 5.98. The Morgan fingerprint density at radius 1 is 1.18 bits per heavy atom. The molecule has 0 radical (unpaired) electrons. The largest absolute Gasteiger partial charge is 0.496 e. The van der Waals surface area contributed by atoms with Crippen LogP contribution in [-0.4, -0.2) is 30.4 Å². The Labute approximate surface area is 192 Å². The van der Waals surface area contributed by atoms with Crippen LogP contribution in [0.5, 0.6) is 5.75 Å². The molecule has 0 aliphatic rings. The van der Waals surface area contributed by atoms with Crippen LogP contribution in [0.4, 0.5) is 10.1 Å². The Morgan fingerprint density at radius 3 is 2.67 bits per heavy atom. The molecule has 0 saturated heterocycles. The van der Waals surface area contributed by atoms with E-state index >= 15 is 0 Å². The van der Waals surface area contributed by atoms with E-state index in [9.17, 15) is 4.39 Å². The summed E-state index contributed by atoms with van der Waals surface area (Å²) < 4.78 is 25.5. The van der Waals surface area contributed by atoms with Gasteiger partial charge in [-0.2, -0.15) is 4.39 Å². The Hall–Kier alpha value is -3.99. The zero-order chi connectivity index (χ0) is 23.8. The zero-order valence-electron chi connectivity index (χ0n) is 19.1. The minimum Gasteiger partial charge on any atom is -0.496 e. The SMILES string of the molecule is [C-]#[N+]c1cccc(/C(=C/CCCc2nnc(C)o2)c2cc(C)c(OC)c(/C(F)=N/OC)c2)c1. The molecule has 3 rings (SSSR count). The van der Waals surface area contributed by atoms with Crippen LogP contribution in [0.1, 0.15) is 46.9 Å². The number of rotatable bonds is 9. The fourth-order valence-corrected chi connectivity index (χ4v) is 3.57. The second-order valence-electron chi connectivity index (χ2n) is 7.33. The van der Waals surface area contributed by atoms with Crippen molar-refractivity contribution < 1.29 is 18.4 Å². The molecule has 0 spiro atoms. The number of hydrogen-bond acceptors (Lipinski definition) is 6. The van der Waals surface area contributed by atoms with Crippen LogP contribution >= 0.6 is 0 Å². The van der Waals surface area contributed by atoms with Crippen LogP contribution in [-0.2, 0) is 11.3 Å². The highest BCUT2D eigenvalue weighted by Gasteiger charge is 2.17. The highest BCUT2D eigenvalue weighted by Crippen LogP contribution is 2.33. The molecular weight excluding hydrogens is 423 g/mol. The van der Waals surface area contributed by atoms with Gasteiger partial charge in [0.25, 0.3) is 5.97 Å². The Morgan fingerprint density at radius 2 is 2.00 bits per heavy atom. The van der Waals surface area contributed by atoms with Gasteiger partial charge in [0.15, 0.2) is 5.69 Å². The topological polar surface area (TPSA) is 74.1 Å². The molecule has 0 bridgehead atoms. The van der Waals surface area contributed by atoms with Gasteiger partial charge in [0.05, 0.1) is 19.2 Å². The van der Waals surface area contributed by atoms with E-state index in [0.29, 0.717) is 36.1 Å². The van der Waals surface area contributed by atoms with Crippen molar-refractivity contribution in [3.63, 3.8) is 0 Å². The number of ether oxygens (including phenoxy) is 1. The van der Waals surface area contributed by atoms with E-state index in [1.54, 1.807) is 19.1 Å². The van der Waals surface area contributed by atoms with Gasteiger partial charge >= 0.3 is 0 Å². The Balaban J connectivity index is 2.03. The molecule has 0 atom stereocenters. The maximum Gasteiger partial charge on any atom is 0.260 e. The van der Waals surface area contributed by atoms with Crippen LogP contribution in [0.25, 0.3) is 10.4 Å². The van der Waals surface area contributed by atoms with Crippen molar-refractivity contribution in [2.45, 2.75) is 33.1 Å². The van der Waals surface area contributed by atoms with Crippen molar-refractivity contribution in [2.24, 2.45) is 5.16 Å². The summed E-state index contributed by atoms with van der Waals surface area (Å²) in [5, 5.41) is 11.3. The van der Waals surface area contributed by atoms with E-state index in [0.717, 1.165) is 28.7 Å². The molecule has 0 saturated carbocycles. The van der Waals surface area contributed by atoms with E-state index in [2.05, 4.69) is 31.1 Å². The second kappa shape index (κ2) is 11.0. The second-order valence-corrected chi connectivity index (χ2v) is 7.33. The summed E-state index contributed by atoms with van der Waals surface area (Å²) in [7, 11) is 2.77. The number of halogens is 1. The number of oxime groups is 1. The van der Waals surface area contributed by atoms with Crippen molar-refractivity contribution in [2.75, 3.05) is 14.2 Å². The molecular formula is C25H25FN4O3. The van der Waals surface area contributed by atoms with Crippen molar-refractivity contribution in [1.82, 2.24) is 10.2 Å². The van der Waals surface area contributed by atoms with Crippen molar-refractivity contribution in [3.8, 4) is 5.75 Å². The minimum absolute atomic E-state index is 0.197. The van der Waals surface area contributed by atoms with Crippen LogP contribution < -0.4 is 4.74 Å². The van der Waals surface area contributed by atoms with Gasteiger partial charge in [0.1, 0.15) is 12.9 Å². The van der Waals surface area contributed by atoms with Gasteiger partial charge < -0.3 is 14.0 Å². The lowest BCUT2D eigenvalue weighted by atomic mass is 9.92. The molecule has 0 fully saturated rings. The van der Waals surface area contributed by atoms with Gasteiger partial charge in [-0.3, -0.25) is 0 Å². The summed E-state index contributed by atoms with van der Waals surface area (Å²) in [6.07, 6.45) is 4.22. The van der Waals surface area contributed by atoms with Gasteiger partial charge in [0, 0.05) is 13.3 Å². The van der Waals surface area contributed by atoms with Crippen molar-refractivity contribution in [1.29, 1.82) is 0 Å². The zero-order valence-corrected chi connectivity index (χ0v) is 19.1. The molecule has 0 N–H and O–H groups in total. The van der Waals surface area contributed by atoms with Gasteiger partial charge in [-0.25, -0.2) is 4.85 Å². The molecule has 8 heteroatoms. The fraction of sp³-hybridized carbons (Fsp3) is 0.280. The highest BCUT2D eigenvalue weighted by molar-refractivity contribution is 5.98. The third kappa shape index (κ3) is 5.83. The molecule has 2 aromatic carbocycles. The lowest BCUT2D eigenvalue weighted by Gasteiger charge is -2.15. The lowest BCUT2D eigenvalue weighted by molar-refractivity contribution is 0.209. The van der Waals surface area contributed by atoms with E-state index in [4.69, 9.17) is 15.7 Å². The van der Waals surface area contributed by atoms with Gasteiger partial charge in [0.2, 0.25) is 11.8 Å². The first-order valence-electron chi connectivity index (χ1n) is 10.4. The summed E-state index contributed by atoms with van der Waals surface area (Å²) in [5.74, 6) is 0.745. The molecule has 7 nitrogen and oxygen atoms in total. The van der Waals surface area contributed by atoms with E-state index in [-0.39, 0.29) is 5.56 Å². The molecule has 0 aliphatic carbocycles. The first-order chi connectivity index (χ1) is 16.0. The molecule has 1 heterocycles. The summed E-state index contributed by atoms with van der Waals surface area (Å²) in [6, 6.07) is 10.9. The smallest absolute Gasteiger partial charge is 0.260 e. The average Bonchev–Trinajstić information content (AvgIpc) is 3.23. The monoisotopic (exact) mass is 448 g/mol. The Bertz CT molecular complexity index is 1220. The highest BCUT2D eigenvalue weighted by atomic mass is 19.1. The quantitative estimate of drug-likeness (QED) is 0.174. The van der Waals surface area contributed by atoms with E-state index in [1.165, 1.54) is 14.2 Å². The minimum atomic E-state index is -0.777. The molecule has 3 aromatic rings.